The van der Waals surface area contributed by atoms with Crippen molar-refractivity contribution in [1.29, 1.82) is 0 Å². The molecule has 1 atom stereocenters. The molecule has 1 aromatic carbocycles. The van der Waals surface area contributed by atoms with Crippen LogP contribution in [-0.2, 0) is 17.5 Å². The summed E-state index contributed by atoms with van der Waals surface area (Å²) in [4.78, 5) is 4.52. The van der Waals surface area contributed by atoms with Gasteiger partial charge in [0.2, 0.25) is 0 Å². The second kappa shape index (κ2) is 7.61. The summed E-state index contributed by atoms with van der Waals surface area (Å²) in [5.41, 5.74) is 0.371. The van der Waals surface area contributed by atoms with Crippen LogP contribution >= 0.6 is 11.3 Å². The van der Waals surface area contributed by atoms with Gasteiger partial charge < -0.3 is 14.8 Å². The zero-order valence-corrected chi connectivity index (χ0v) is 14.5. The van der Waals surface area contributed by atoms with Crippen molar-refractivity contribution in [2.75, 3.05) is 18.5 Å². The molecule has 8 heteroatoms. The fraction of sp³-hybridized carbons (Fsp3) is 0.471. The van der Waals surface area contributed by atoms with E-state index in [-0.39, 0.29) is 6.10 Å². The SMILES string of the molecule is CCOc1ccc(C(F)(F)F)cc1NCc1csc(C2CCCO2)n1. The Morgan fingerprint density at radius 1 is 1.40 bits per heavy atom. The Bertz CT molecular complexity index is 712. The molecule has 0 spiro atoms. The fourth-order valence-corrected chi connectivity index (χ4v) is 3.54. The maximum absolute atomic E-state index is 12.9. The standard InChI is InChI=1S/C17H19F3N2O2S/c1-2-23-14-6-5-11(17(18,19)20)8-13(14)21-9-12-10-25-16(22-12)15-4-3-7-24-15/h5-6,8,10,15,21H,2-4,7,9H2,1H3. The minimum absolute atomic E-state index is 0.0475. The minimum Gasteiger partial charge on any atom is -0.492 e. The maximum Gasteiger partial charge on any atom is 0.416 e. The Labute approximate surface area is 148 Å². The van der Waals surface area contributed by atoms with E-state index in [1.54, 1.807) is 6.92 Å². The van der Waals surface area contributed by atoms with Gasteiger partial charge in [0.05, 0.1) is 30.1 Å². The maximum atomic E-state index is 12.9. The number of anilines is 1. The third-order valence-corrected chi connectivity index (χ3v) is 4.83. The molecular formula is C17H19F3N2O2S. The van der Waals surface area contributed by atoms with Crippen LogP contribution in [0.4, 0.5) is 18.9 Å². The molecule has 4 nitrogen and oxygen atoms in total. The van der Waals surface area contributed by atoms with Gasteiger partial charge in [-0.15, -0.1) is 11.3 Å². The van der Waals surface area contributed by atoms with E-state index in [0.717, 1.165) is 42.3 Å². The molecule has 0 saturated carbocycles. The van der Waals surface area contributed by atoms with E-state index in [9.17, 15) is 13.2 Å². The number of nitrogens with one attached hydrogen (secondary N) is 1. The lowest BCUT2D eigenvalue weighted by Crippen LogP contribution is -2.08. The number of nitrogens with zero attached hydrogens (tertiary/aromatic N) is 1. The average molecular weight is 372 g/mol. The summed E-state index contributed by atoms with van der Waals surface area (Å²) in [6, 6.07) is 3.43. The first-order valence-corrected chi connectivity index (χ1v) is 8.99. The average Bonchev–Trinajstić information content (AvgIpc) is 3.24. The highest BCUT2D eigenvalue weighted by atomic mass is 32.1. The lowest BCUT2D eigenvalue weighted by atomic mass is 10.1. The molecule has 0 radical (unpaired) electrons. The topological polar surface area (TPSA) is 43.4 Å². The second-order valence-electron chi connectivity index (χ2n) is 5.67. The fourth-order valence-electron chi connectivity index (χ4n) is 2.64. The van der Waals surface area contributed by atoms with E-state index in [0.29, 0.717) is 24.6 Å². The third kappa shape index (κ3) is 4.43. The number of halogens is 3. The van der Waals surface area contributed by atoms with Crippen molar-refractivity contribution in [2.45, 2.75) is 38.6 Å². The Morgan fingerprint density at radius 2 is 2.24 bits per heavy atom. The smallest absolute Gasteiger partial charge is 0.416 e. The second-order valence-corrected chi connectivity index (χ2v) is 6.56. The van der Waals surface area contributed by atoms with E-state index in [1.807, 2.05) is 5.38 Å². The van der Waals surface area contributed by atoms with Crippen molar-refractivity contribution in [2.24, 2.45) is 0 Å². The molecule has 2 heterocycles. The molecule has 1 N–H and O–H groups in total. The van der Waals surface area contributed by atoms with Crippen LogP contribution in [0, 0.1) is 0 Å². The molecule has 0 aliphatic carbocycles. The summed E-state index contributed by atoms with van der Waals surface area (Å²) < 4.78 is 49.8. The van der Waals surface area contributed by atoms with Crippen molar-refractivity contribution >= 4 is 17.0 Å². The van der Waals surface area contributed by atoms with Gasteiger partial charge in [0.1, 0.15) is 16.9 Å². The summed E-state index contributed by atoms with van der Waals surface area (Å²) >= 11 is 1.52. The number of thiazole rings is 1. The predicted molar refractivity (Wildman–Crippen MR) is 90.0 cm³/mol. The molecule has 1 saturated heterocycles. The first kappa shape index (κ1) is 18.0. The molecule has 0 amide bonds. The van der Waals surface area contributed by atoms with Crippen LogP contribution in [0.3, 0.4) is 0 Å². The summed E-state index contributed by atoms with van der Waals surface area (Å²) in [6.07, 6.45) is -2.36. The van der Waals surface area contributed by atoms with Gasteiger partial charge in [-0.3, -0.25) is 0 Å². The van der Waals surface area contributed by atoms with Crippen LogP contribution in [0.2, 0.25) is 0 Å². The van der Waals surface area contributed by atoms with E-state index in [1.165, 1.54) is 17.4 Å². The molecule has 136 valence electrons. The van der Waals surface area contributed by atoms with Crippen molar-refractivity contribution in [3.8, 4) is 5.75 Å². The Kier molecular flexibility index (Phi) is 5.48. The van der Waals surface area contributed by atoms with Crippen molar-refractivity contribution in [3.63, 3.8) is 0 Å². The van der Waals surface area contributed by atoms with Gasteiger partial charge in [0, 0.05) is 12.0 Å². The van der Waals surface area contributed by atoms with Gasteiger partial charge in [-0.2, -0.15) is 13.2 Å². The lowest BCUT2D eigenvalue weighted by molar-refractivity contribution is -0.137. The summed E-state index contributed by atoms with van der Waals surface area (Å²) in [5, 5.41) is 5.83. The van der Waals surface area contributed by atoms with Crippen molar-refractivity contribution in [3.05, 3.63) is 39.8 Å². The molecule has 1 aliphatic rings. The molecular weight excluding hydrogens is 353 g/mol. The molecule has 1 unspecified atom stereocenters. The zero-order valence-electron chi connectivity index (χ0n) is 13.7. The molecule has 3 rings (SSSR count). The number of ether oxygens (including phenoxy) is 2. The van der Waals surface area contributed by atoms with E-state index < -0.39 is 11.7 Å². The lowest BCUT2D eigenvalue weighted by Gasteiger charge is -2.15. The quantitative estimate of drug-likeness (QED) is 0.773. The molecule has 2 aromatic rings. The van der Waals surface area contributed by atoms with E-state index in [2.05, 4.69) is 10.3 Å². The van der Waals surface area contributed by atoms with Crippen LogP contribution < -0.4 is 10.1 Å². The minimum atomic E-state index is -4.39. The monoisotopic (exact) mass is 372 g/mol. The molecule has 1 fully saturated rings. The number of alkyl halides is 3. The first-order valence-electron chi connectivity index (χ1n) is 8.11. The van der Waals surface area contributed by atoms with Crippen LogP contribution in [0.1, 0.15) is 42.1 Å². The van der Waals surface area contributed by atoms with Gasteiger partial charge in [-0.05, 0) is 38.0 Å². The zero-order chi connectivity index (χ0) is 17.9. The van der Waals surface area contributed by atoms with Gasteiger partial charge in [-0.1, -0.05) is 0 Å². The highest BCUT2D eigenvalue weighted by molar-refractivity contribution is 7.09. The number of hydrogen-bond acceptors (Lipinski definition) is 5. The van der Waals surface area contributed by atoms with Gasteiger partial charge in [0.25, 0.3) is 0 Å². The summed E-state index contributed by atoms with van der Waals surface area (Å²) in [7, 11) is 0. The third-order valence-electron chi connectivity index (χ3n) is 3.84. The highest BCUT2D eigenvalue weighted by Crippen LogP contribution is 2.35. The van der Waals surface area contributed by atoms with Crippen LogP contribution in [0.15, 0.2) is 23.6 Å². The molecule has 25 heavy (non-hydrogen) atoms. The van der Waals surface area contributed by atoms with E-state index >= 15 is 0 Å². The van der Waals surface area contributed by atoms with Crippen molar-refractivity contribution in [1.82, 2.24) is 4.98 Å². The Hall–Kier alpha value is -1.80. The van der Waals surface area contributed by atoms with Gasteiger partial charge in [-0.25, -0.2) is 4.98 Å². The summed E-state index contributed by atoms with van der Waals surface area (Å²) in [6.45, 7) is 3.24. The first-order chi connectivity index (χ1) is 12.0. The predicted octanol–water partition coefficient (Wildman–Crippen LogP) is 5.02. The Balaban J connectivity index is 1.72. The van der Waals surface area contributed by atoms with Crippen molar-refractivity contribution < 1.29 is 22.6 Å². The largest absolute Gasteiger partial charge is 0.492 e. The van der Waals surface area contributed by atoms with Gasteiger partial charge in [0.15, 0.2) is 0 Å². The number of hydrogen-bond donors (Lipinski definition) is 1. The number of benzene rings is 1. The highest BCUT2D eigenvalue weighted by Gasteiger charge is 2.31. The van der Waals surface area contributed by atoms with Crippen LogP contribution in [0.25, 0.3) is 0 Å². The van der Waals surface area contributed by atoms with Gasteiger partial charge >= 0.3 is 6.18 Å². The molecule has 1 aromatic heterocycles. The number of aromatic nitrogens is 1. The molecule has 1 aliphatic heterocycles. The van der Waals surface area contributed by atoms with E-state index in [4.69, 9.17) is 9.47 Å². The van der Waals surface area contributed by atoms with Crippen LogP contribution in [0.5, 0.6) is 5.75 Å². The summed E-state index contributed by atoms with van der Waals surface area (Å²) in [5.74, 6) is 0.394. The van der Waals surface area contributed by atoms with Crippen LogP contribution in [-0.4, -0.2) is 18.2 Å². The Morgan fingerprint density at radius 3 is 2.92 bits per heavy atom. The number of rotatable bonds is 6. The normalized spacial score (nSPS) is 17.7. The molecule has 0 bridgehead atoms.